The Labute approximate surface area is 68.4 Å². The van der Waals surface area contributed by atoms with E-state index in [1.54, 1.807) is 0 Å². The molecule has 1 heterocycles. The SMILES string of the molecule is CC(=O)c1ncc(N)nc1Cl. The molecule has 5 heteroatoms. The van der Waals surface area contributed by atoms with Crippen molar-refractivity contribution in [2.75, 3.05) is 5.73 Å². The topological polar surface area (TPSA) is 68.9 Å². The van der Waals surface area contributed by atoms with Gasteiger partial charge in [-0.05, 0) is 0 Å². The first-order valence-corrected chi connectivity index (χ1v) is 3.28. The molecule has 2 N–H and O–H groups in total. The van der Waals surface area contributed by atoms with Crippen molar-refractivity contribution in [1.29, 1.82) is 0 Å². The predicted octanol–water partition coefficient (Wildman–Crippen LogP) is 0.915. The number of carbonyl (C=O) groups is 1. The summed E-state index contributed by atoms with van der Waals surface area (Å²) in [6, 6.07) is 0. The molecule has 0 aliphatic carbocycles. The van der Waals surface area contributed by atoms with E-state index in [4.69, 9.17) is 17.3 Å². The lowest BCUT2D eigenvalue weighted by molar-refractivity contribution is 0.101. The number of aromatic nitrogens is 2. The van der Waals surface area contributed by atoms with E-state index in [-0.39, 0.29) is 22.4 Å². The molecule has 0 amide bonds. The normalized spacial score (nSPS) is 9.64. The van der Waals surface area contributed by atoms with E-state index in [1.165, 1.54) is 13.1 Å². The number of hydrogen-bond donors (Lipinski definition) is 1. The number of ketones is 1. The Morgan fingerprint density at radius 3 is 2.82 bits per heavy atom. The molecule has 0 atom stereocenters. The van der Waals surface area contributed by atoms with Crippen LogP contribution in [0.15, 0.2) is 6.20 Å². The molecule has 1 aromatic heterocycles. The fourth-order valence-electron chi connectivity index (χ4n) is 0.615. The van der Waals surface area contributed by atoms with Gasteiger partial charge in [-0.1, -0.05) is 11.6 Å². The van der Waals surface area contributed by atoms with E-state index in [1.807, 2.05) is 0 Å². The first kappa shape index (κ1) is 7.94. The van der Waals surface area contributed by atoms with Crippen molar-refractivity contribution in [3.63, 3.8) is 0 Å². The lowest BCUT2D eigenvalue weighted by Crippen LogP contribution is -2.01. The highest BCUT2D eigenvalue weighted by molar-refractivity contribution is 6.32. The van der Waals surface area contributed by atoms with Gasteiger partial charge in [0.15, 0.2) is 10.9 Å². The van der Waals surface area contributed by atoms with Crippen molar-refractivity contribution in [2.24, 2.45) is 0 Å². The molecule has 0 bridgehead atoms. The van der Waals surface area contributed by atoms with Crippen molar-refractivity contribution in [1.82, 2.24) is 9.97 Å². The van der Waals surface area contributed by atoms with E-state index in [0.717, 1.165) is 0 Å². The second kappa shape index (κ2) is 2.84. The summed E-state index contributed by atoms with van der Waals surface area (Å²) in [6.07, 6.45) is 1.29. The monoisotopic (exact) mass is 171 g/mol. The zero-order valence-electron chi connectivity index (χ0n) is 5.84. The van der Waals surface area contributed by atoms with Crippen LogP contribution < -0.4 is 5.73 Å². The fourth-order valence-corrected chi connectivity index (χ4v) is 0.895. The van der Waals surface area contributed by atoms with Crippen LogP contribution in [-0.2, 0) is 0 Å². The Hall–Kier alpha value is -1.16. The molecule has 11 heavy (non-hydrogen) atoms. The standard InChI is InChI=1S/C6H6ClN3O/c1-3(11)5-6(7)10-4(8)2-9-5/h2H,1H3,(H2,8,10). The van der Waals surface area contributed by atoms with E-state index >= 15 is 0 Å². The predicted molar refractivity (Wildman–Crippen MR) is 41.5 cm³/mol. The maximum atomic E-state index is 10.7. The minimum Gasteiger partial charge on any atom is -0.382 e. The van der Waals surface area contributed by atoms with Crippen LogP contribution in [0.3, 0.4) is 0 Å². The van der Waals surface area contributed by atoms with Crippen LogP contribution in [0.5, 0.6) is 0 Å². The van der Waals surface area contributed by atoms with Gasteiger partial charge in [-0.3, -0.25) is 4.79 Å². The van der Waals surface area contributed by atoms with Gasteiger partial charge in [0.1, 0.15) is 11.5 Å². The Bertz CT molecular complexity index is 300. The third-order valence-electron chi connectivity index (χ3n) is 1.08. The van der Waals surface area contributed by atoms with Gasteiger partial charge < -0.3 is 5.73 Å². The molecule has 0 saturated carbocycles. The van der Waals surface area contributed by atoms with Crippen LogP contribution in [0.2, 0.25) is 5.15 Å². The van der Waals surface area contributed by atoms with Gasteiger partial charge in [0, 0.05) is 6.92 Å². The van der Waals surface area contributed by atoms with Gasteiger partial charge in [-0.2, -0.15) is 0 Å². The number of nitrogens with two attached hydrogens (primary N) is 1. The van der Waals surface area contributed by atoms with Gasteiger partial charge in [0.25, 0.3) is 0 Å². The van der Waals surface area contributed by atoms with Crippen molar-refractivity contribution < 1.29 is 4.79 Å². The zero-order chi connectivity index (χ0) is 8.43. The van der Waals surface area contributed by atoms with Crippen molar-refractivity contribution in [3.05, 3.63) is 17.0 Å². The molecule has 0 fully saturated rings. The van der Waals surface area contributed by atoms with Gasteiger partial charge in [-0.15, -0.1) is 0 Å². The minimum atomic E-state index is -0.220. The third-order valence-corrected chi connectivity index (χ3v) is 1.35. The number of carbonyl (C=O) groups excluding carboxylic acids is 1. The Kier molecular flexibility index (Phi) is 2.05. The summed E-state index contributed by atoms with van der Waals surface area (Å²) in [4.78, 5) is 18.1. The molecule has 0 aliphatic heterocycles. The molecular weight excluding hydrogens is 166 g/mol. The second-order valence-electron chi connectivity index (χ2n) is 1.99. The first-order chi connectivity index (χ1) is 5.11. The van der Waals surface area contributed by atoms with Gasteiger partial charge in [0.2, 0.25) is 0 Å². The highest BCUT2D eigenvalue weighted by atomic mass is 35.5. The molecule has 0 saturated heterocycles. The van der Waals surface area contributed by atoms with Crippen molar-refractivity contribution in [3.8, 4) is 0 Å². The van der Waals surface area contributed by atoms with Crippen LogP contribution >= 0.6 is 11.6 Å². The largest absolute Gasteiger partial charge is 0.382 e. The number of nitrogens with zero attached hydrogens (tertiary/aromatic N) is 2. The highest BCUT2D eigenvalue weighted by Crippen LogP contribution is 2.11. The second-order valence-corrected chi connectivity index (χ2v) is 2.35. The summed E-state index contributed by atoms with van der Waals surface area (Å²) in [5.74, 6) is -0.0116. The molecule has 1 aromatic rings. The average Bonchev–Trinajstić information content (AvgIpc) is 1.85. The quantitative estimate of drug-likeness (QED) is 0.638. The van der Waals surface area contributed by atoms with Crippen LogP contribution in [0.25, 0.3) is 0 Å². The highest BCUT2D eigenvalue weighted by Gasteiger charge is 2.07. The Morgan fingerprint density at radius 2 is 2.36 bits per heavy atom. The van der Waals surface area contributed by atoms with E-state index in [2.05, 4.69) is 9.97 Å². The maximum Gasteiger partial charge on any atom is 0.181 e. The number of anilines is 1. The Balaban J connectivity index is 3.20. The van der Waals surface area contributed by atoms with Crippen LogP contribution in [-0.4, -0.2) is 15.8 Å². The van der Waals surface area contributed by atoms with Crippen LogP contribution in [0, 0.1) is 0 Å². The van der Waals surface area contributed by atoms with Crippen LogP contribution in [0.1, 0.15) is 17.4 Å². The smallest absolute Gasteiger partial charge is 0.181 e. The number of Topliss-reactive ketones (excluding diaryl/α,β-unsaturated/α-hetero) is 1. The zero-order valence-corrected chi connectivity index (χ0v) is 6.59. The number of nitrogen functional groups attached to an aromatic ring is 1. The molecule has 0 aliphatic rings. The summed E-state index contributed by atoms with van der Waals surface area (Å²) in [7, 11) is 0. The number of rotatable bonds is 1. The fraction of sp³-hybridized carbons (Fsp3) is 0.167. The van der Waals surface area contributed by atoms with E-state index in [9.17, 15) is 4.79 Å². The lowest BCUT2D eigenvalue weighted by atomic mass is 10.3. The minimum absolute atomic E-state index is 0.0532. The van der Waals surface area contributed by atoms with E-state index in [0.29, 0.717) is 0 Å². The average molecular weight is 172 g/mol. The summed E-state index contributed by atoms with van der Waals surface area (Å²) in [5.41, 5.74) is 5.41. The molecule has 4 nitrogen and oxygen atoms in total. The molecule has 0 aromatic carbocycles. The summed E-state index contributed by atoms with van der Waals surface area (Å²) in [5, 5.41) is 0.0532. The summed E-state index contributed by atoms with van der Waals surface area (Å²) in [6.45, 7) is 1.37. The van der Waals surface area contributed by atoms with Gasteiger partial charge >= 0.3 is 0 Å². The molecular formula is C6H6ClN3O. The van der Waals surface area contributed by atoms with E-state index < -0.39 is 0 Å². The number of hydrogen-bond acceptors (Lipinski definition) is 4. The molecule has 0 spiro atoms. The maximum absolute atomic E-state index is 10.7. The summed E-state index contributed by atoms with van der Waals surface area (Å²) < 4.78 is 0. The van der Waals surface area contributed by atoms with Gasteiger partial charge in [-0.25, -0.2) is 9.97 Å². The Morgan fingerprint density at radius 1 is 1.73 bits per heavy atom. The molecule has 1 rings (SSSR count). The van der Waals surface area contributed by atoms with Crippen molar-refractivity contribution in [2.45, 2.75) is 6.92 Å². The van der Waals surface area contributed by atoms with Crippen LogP contribution in [0.4, 0.5) is 5.82 Å². The number of halogens is 1. The molecule has 0 unspecified atom stereocenters. The van der Waals surface area contributed by atoms with Crippen molar-refractivity contribution >= 4 is 23.2 Å². The summed E-state index contributed by atoms with van der Waals surface area (Å²) >= 11 is 5.55. The lowest BCUT2D eigenvalue weighted by Gasteiger charge is -1.97. The molecule has 58 valence electrons. The third kappa shape index (κ3) is 1.65. The first-order valence-electron chi connectivity index (χ1n) is 2.90. The van der Waals surface area contributed by atoms with Gasteiger partial charge in [0.05, 0.1) is 6.20 Å². The molecule has 0 radical (unpaired) electrons.